The number of nitrogens with one attached hydrogen (secondary N) is 2. The molecule has 2 heterocycles. The number of fused-ring (bicyclic) bond motifs is 1. The van der Waals surface area contributed by atoms with Gasteiger partial charge >= 0.3 is 0 Å². The Bertz CT molecular complexity index is 735. The summed E-state index contributed by atoms with van der Waals surface area (Å²) in [6.07, 6.45) is 1.54. The highest BCUT2D eigenvalue weighted by Gasteiger charge is 2.22. The predicted molar refractivity (Wildman–Crippen MR) is 84.4 cm³/mol. The number of nitrogens with two attached hydrogens (primary N) is 1. The quantitative estimate of drug-likeness (QED) is 0.785. The topological polar surface area (TPSA) is 91.2 Å². The summed E-state index contributed by atoms with van der Waals surface area (Å²) in [6.45, 7) is 1.71. The van der Waals surface area contributed by atoms with E-state index >= 15 is 0 Å². The summed E-state index contributed by atoms with van der Waals surface area (Å²) in [5, 5.41) is 3.65. The van der Waals surface area contributed by atoms with E-state index in [4.69, 9.17) is 5.73 Å². The number of hydrogen-bond acceptors (Lipinski definition) is 3. The molecule has 1 fully saturated rings. The van der Waals surface area contributed by atoms with E-state index in [1.807, 2.05) is 4.90 Å². The highest BCUT2D eigenvalue weighted by Crippen LogP contribution is 2.17. The smallest absolute Gasteiger partial charge is 0.267 e. The van der Waals surface area contributed by atoms with Gasteiger partial charge in [-0.25, -0.2) is 4.39 Å². The second-order valence-corrected chi connectivity index (χ2v) is 5.90. The summed E-state index contributed by atoms with van der Waals surface area (Å²) in [5.41, 5.74) is 6.33. The molecule has 0 radical (unpaired) electrons. The van der Waals surface area contributed by atoms with Crippen molar-refractivity contribution in [3.63, 3.8) is 0 Å². The van der Waals surface area contributed by atoms with Crippen LogP contribution in [0.2, 0.25) is 0 Å². The number of nitrogens with zero attached hydrogens (tertiary/aromatic N) is 1. The van der Waals surface area contributed by atoms with Crippen molar-refractivity contribution in [3.8, 4) is 0 Å². The number of halogens is 1. The van der Waals surface area contributed by atoms with Gasteiger partial charge in [0.1, 0.15) is 11.5 Å². The summed E-state index contributed by atoms with van der Waals surface area (Å²) < 4.78 is 13.2. The molecule has 6 nitrogen and oxygen atoms in total. The number of primary amides is 1. The number of piperidine rings is 1. The highest BCUT2D eigenvalue weighted by molar-refractivity contribution is 5.98. The average Bonchev–Trinajstić information content (AvgIpc) is 2.92. The molecule has 122 valence electrons. The summed E-state index contributed by atoms with van der Waals surface area (Å²) >= 11 is 0. The molecular weight excluding hydrogens is 299 g/mol. The fourth-order valence-corrected chi connectivity index (χ4v) is 2.94. The Labute approximate surface area is 132 Å². The van der Waals surface area contributed by atoms with Gasteiger partial charge in [-0.1, -0.05) is 0 Å². The van der Waals surface area contributed by atoms with Crippen LogP contribution in [0.1, 0.15) is 23.3 Å². The number of likely N-dealkylation sites (tertiary alicyclic amines) is 1. The molecule has 23 heavy (non-hydrogen) atoms. The van der Waals surface area contributed by atoms with Gasteiger partial charge in [0, 0.05) is 30.0 Å². The molecule has 0 unspecified atom stereocenters. The van der Waals surface area contributed by atoms with E-state index in [1.54, 1.807) is 12.1 Å². The third-order valence-electron chi connectivity index (χ3n) is 4.13. The van der Waals surface area contributed by atoms with Crippen LogP contribution in [-0.2, 0) is 4.79 Å². The Balaban J connectivity index is 1.59. The second-order valence-electron chi connectivity index (χ2n) is 5.90. The fourth-order valence-electron chi connectivity index (χ4n) is 2.94. The lowest BCUT2D eigenvalue weighted by molar-refractivity contribution is -0.119. The Morgan fingerprint density at radius 3 is 2.74 bits per heavy atom. The van der Waals surface area contributed by atoms with E-state index in [1.165, 1.54) is 12.1 Å². The number of amides is 2. The Kier molecular flexibility index (Phi) is 4.29. The van der Waals surface area contributed by atoms with Crippen LogP contribution in [0.4, 0.5) is 4.39 Å². The maximum Gasteiger partial charge on any atom is 0.267 e. The number of benzene rings is 1. The molecule has 1 aromatic carbocycles. The van der Waals surface area contributed by atoms with Gasteiger partial charge in [0.25, 0.3) is 5.91 Å². The maximum atomic E-state index is 13.2. The zero-order valence-corrected chi connectivity index (χ0v) is 12.6. The van der Waals surface area contributed by atoms with Crippen LogP contribution in [0.3, 0.4) is 0 Å². The summed E-state index contributed by atoms with van der Waals surface area (Å²) in [5.74, 6) is -0.863. The largest absolute Gasteiger partial charge is 0.369 e. The maximum absolute atomic E-state index is 13.2. The fraction of sp³-hybridized carbons (Fsp3) is 0.375. The molecule has 1 aliphatic rings. The highest BCUT2D eigenvalue weighted by atomic mass is 19.1. The number of hydrogen-bond donors (Lipinski definition) is 3. The van der Waals surface area contributed by atoms with Crippen LogP contribution in [-0.4, -0.2) is 47.4 Å². The Morgan fingerprint density at radius 2 is 2.04 bits per heavy atom. The molecule has 4 N–H and O–H groups in total. The zero-order valence-electron chi connectivity index (χ0n) is 12.6. The van der Waals surface area contributed by atoms with E-state index in [0.717, 1.165) is 31.4 Å². The van der Waals surface area contributed by atoms with Crippen molar-refractivity contribution >= 4 is 22.7 Å². The normalized spacial score (nSPS) is 16.6. The summed E-state index contributed by atoms with van der Waals surface area (Å²) in [4.78, 5) is 28.2. The molecule has 7 heteroatoms. The van der Waals surface area contributed by atoms with Crippen LogP contribution in [0, 0.1) is 5.82 Å². The van der Waals surface area contributed by atoms with Crippen molar-refractivity contribution in [2.75, 3.05) is 19.6 Å². The van der Waals surface area contributed by atoms with Crippen molar-refractivity contribution in [2.45, 2.75) is 18.9 Å². The predicted octanol–water partition coefficient (Wildman–Crippen LogP) is 0.986. The van der Waals surface area contributed by atoms with Gasteiger partial charge in [0.05, 0.1) is 6.54 Å². The van der Waals surface area contributed by atoms with Gasteiger partial charge < -0.3 is 16.0 Å². The van der Waals surface area contributed by atoms with E-state index in [9.17, 15) is 14.0 Å². The molecule has 2 aromatic rings. The molecular formula is C16H19FN4O2. The molecule has 1 aliphatic heterocycles. The number of carbonyl (C=O) groups is 2. The third kappa shape index (κ3) is 3.68. The molecule has 0 atom stereocenters. The van der Waals surface area contributed by atoms with Gasteiger partial charge in [-0.3, -0.25) is 14.5 Å². The van der Waals surface area contributed by atoms with Gasteiger partial charge in [0.15, 0.2) is 0 Å². The lowest BCUT2D eigenvalue weighted by Crippen LogP contribution is -2.46. The van der Waals surface area contributed by atoms with Crippen LogP contribution in [0.5, 0.6) is 0 Å². The molecule has 2 amide bonds. The van der Waals surface area contributed by atoms with Gasteiger partial charge in [-0.05, 0) is 37.1 Å². The summed E-state index contributed by atoms with van der Waals surface area (Å²) in [7, 11) is 0. The minimum Gasteiger partial charge on any atom is -0.369 e. The number of aromatic nitrogens is 1. The first kappa shape index (κ1) is 15.5. The SMILES string of the molecule is NC(=O)CN1CCC(NC(=O)c2cc3cc(F)ccc3[nH]2)CC1. The minimum absolute atomic E-state index is 0.0646. The van der Waals surface area contributed by atoms with Gasteiger partial charge in [0.2, 0.25) is 5.91 Å². The Hall–Kier alpha value is -2.41. The lowest BCUT2D eigenvalue weighted by Gasteiger charge is -2.31. The number of rotatable bonds is 4. The van der Waals surface area contributed by atoms with E-state index in [2.05, 4.69) is 10.3 Å². The van der Waals surface area contributed by atoms with E-state index < -0.39 is 0 Å². The molecule has 0 aliphatic carbocycles. The van der Waals surface area contributed by atoms with Crippen molar-refractivity contribution in [1.82, 2.24) is 15.2 Å². The lowest BCUT2D eigenvalue weighted by atomic mass is 10.0. The zero-order chi connectivity index (χ0) is 16.4. The van der Waals surface area contributed by atoms with E-state index in [0.29, 0.717) is 11.1 Å². The van der Waals surface area contributed by atoms with Crippen LogP contribution in [0.15, 0.2) is 24.3 Å². The average molecular weight is 318 g/mol. The first-order chi connectivity index (χ1) is 11.0. The number of H-pyrrole nitrogens is 1. The van der Waals surface area contributed by atoms with Crippen molar-refractivity contribution in [1.29, 1.82) is 0 Å². The van der Waals surface area contributed by atoms with Crippen LogP contribution >= 0.6 is 0 Å². The van der Waals surface area contributed by atoms with Gasteiger partial charge in [-0.2, -0.15) is 0 Å². The summed E-state index contributed by atoms with van der Waals surface area (Å²) in [6, 6.07) is 6.08. The van der Waals surface area contributed by atoms with E-state index in [-0.39, 0.29) is 30.2 Å². The molecule has 0 bridgehead atoms. The monoisotopic (exact) mass is 318 g/mol. The molecule has 0 spiro atoms. The van der Waals surface area contributed by atoms with Crippen LogP contribution in [0.25, 0.3) is 10.9 Å². The number of carbonyl (C=O) groups excluding carboxylic acids is 2. The number of aromatic amines is 1. The molecule has 0 saturated carbocycles. The third-order valence-corrected chi connectivity index (χ3v) is 4.13. The first-order valence-corrected chi connectivity index (χ1v) is 7.61. The van der Waals surface area contributed by atoms with Crippen molar-refractivity contribution in [2.24, 2.45) is 5.73 Å². The van der Waals surface area contributed by atoms with Crippen LogP contribution < -0.4 is 11.1 Å². The molecule has 3 rings (SSSR count). The first-order valence-electron chi connectivity index (χ1n) is 7.61. The Morgan fingerprint density at radius 1 is 1.30 bits per heavy atom. The standard InChI is InChI=1S/C16H19FN4O2/c17-11-1-2-13-10(7-11)8-14(20-13)16(23)19-12-3-5-21(6-4-12)9-15(18)22/h1-2,7-8,12,20H,3-6,9H2,(H2,18,22)(H,19,23). The molecule has 1 saturated heterocycles. The second kappa shape index (κ2) is 6.37. The molecule has 1 aromatic heterocycles. The van der Waals surface area contributed by atoms with Gasteiger partial charge in [-0.15, -0.1) is 0 Å². The van der Waals surface area contributed by atoms with Crippen molar-refractivity contribution in [3.05, 3.63) is 35.8 Å². The van der Waals surface area contributed by atoms with Crippen molar-refractivity contribution < 1.29 is 14.0 Å². The minimum atomic E-state index is -0.335.